The van der Waals surface area contributed by atoms with Gasteiger partial charge in [-0.05, 0) is 29.7 Å². The molecule has 0 aliphatic rings. The van der Waals surface area contributed by atoms with Gasteiger partial charge in [-0.1, -0.05) is 37.0 Å². The highest BCUT2D eigenvalue weighted by atomic mass is 35.5. The molecule has 0 saturated carbocycles. The highest BCUT2D eigenvalue weighted by molar-refractivity contribution is 6.36. The van der Waals surface area contributed by atoms with Gasteiger partial charge in [0, 0.05) is 22.0 Å². The largest absolute Gasteiger partial charge is 0.465 e. The fourth-order valence-corrected chi connectivity index (χ4v) is 2.79. The van der Waals surface area contributed by atoms with Crippen LogP contribution in [0.5, 0.6) is 0 Å². The summed E-state index contributed by atoms with van der Waals surface area (Å²) in [7, 11) is 1.29. The Balaban J connectivity index is 2.39. The number of nitrogens with zero attached hydrogens (tertiary/aromatic N) is 1. The van der Waals surface area contributed by atoms with E-state index in [2.05, 4.69) is 14.9 Å². The van der Waals surface area contributed by atoms with E-state index < -0.39 is 5.97 Å². The Morgan fingerprint density at radius 3 is 2.39 bits per heavy atom. The monoisotopic (exact) mass is 354 g/mol. The molecule has 2 aromatic rings. The summed E-state index contributed by atoms with van der Waals surface area (Å²) in [6.07, 6.45) is 0.343. The SMILES string of the molecule is COC(=O)c1cc(Cl)c(Cc2cc(C(C)C)c(=O)[nH]n2)c(Cl)c1. The fraction of sp³-hybridized carbons (Fsp3) is 0.312. The van der Waals surface area contributed by atoms with Gasteiger partial charge in [-0.25, -0.2) is 9.89 Å². The van der Waals surface area contributed by atoms with Crippen molar-refractivity contribution >= 4 is 29.2 Å². The van der Waals surface area contributed by atoms with Crippen LogP contribution in [0.25, 0.3) is 0 Å². The summed E-state index contributed by atoms with van der Waals surface area (Å²) in [5.74, 6) is -0.433. The quantitative estimate of drug-likeness (QED) is 0.851. The summed E-state index contributed by atoms with van der Waals surface area (Å²) < 4.78 is 4.65. The predicted molar refractivity (Wildman–Crippen MR) is 89.6 cm³/mol. The number of rotatable bonds is 4. The van der Waals surface area contributed by atoms with E-state index in [1.807, 2.05) is 13.8 Å². The first-order valence-corrected chi connectivity index (χ1v) is 7.73. The third-order valence-corrected chi connectivity index (χ3v) is 4.10. The zero-order valence-corrected chi connectivity index (χ0v) is 14.5. The molecule has 0 aliphatic carbocycles. The fourth-order valence-electron chi connectivity index (χ4n) is 2.17. The summed E-state index contributed by atoms with van der Waals surface area (Å²) in [5.41, 5.74) is 2.00. The zero-order chi connectivity index (χ0) is 17.1. The molecule has 1 N–H and O–H groups in total. The highest BCUT2D eigenvalue weighted by Crippen LogP contribution is 2.29. The summed E-state index contributed by atoms with van der Waals surface area (Å²) in [6, 6.07) is 4.75. The van der Waals surface area contributed by atoms with Crippen LogP contribution in [-0.4, -0.2) is 23.3 Å². The lowest BCUT2D eigenvalue weighted by molar-refractivity contribution is 0.0600. The standard InChI is InChI=1S/C16H16Cl2N2O3/c1-8(2)11-6-10(19-20-15(11)21)7-12-13(17)4-9(5-14(12)18)16(22)23-3/h4-6,8H,7H2,1-3H3,(H,20,21). The maximum atomic E-state index is 11.7. The summed E-state index contributed by atoms with van der Waals surface area (Å²) in [5, 5.41) is 7.20. The molecule has 23 heavy (non-hydrogen) atoms. The van der Waals surface area contributed by atoms with Crippen LogP contribution in [0, 0.1) is 0 Å². The van der Waals surface area contributed by atoms with Crippen LogP contribution in [0.2, 0.25) is 10.0 Å². The smallest absolute Gasteiger partial charge is 0.337 e. The van der Waals surface area contributed by atoms with Crippen molar-refractivity contribution in [1.82, 2.24) is 10.2 Å². The molecule has 0 radical (unpaired) electrons. The van der Waals surface area contributed by atoms with Gasteiger partial charge in [0.25, 0.3) is 5.56 Å². The number of carbonyl (C=O) groups excluding carboxylic acids is 1. The Morgan fingerprint density at radius 2 is 1.87 bits per heavy atom. The normalized spacial score (nSPS) is 10.9. The number of esters is 1. The first kappa shape index (κ1) is 17.5. The van der Waals surface area contributed by atoms with E-state index in [9.17, 15) is 9.59 Å². The Morgan fingerprint density at radius 1 is 1.26 bits per heavy atom. The second kappa shape index (κ2) is 7.15. The van der Waals surface area contributed by atoms with Crippen molar-refractivity contribution in [3.05, 3.63) is 61.0 Å². The number of carbonyl (C=O) groups is 1. The minimum absolute atomic E-state index is 0.0770. The molecule has 0 atom stereocenters. The molecular formula is C16H16Cl2N2O3. The number of hydrogen-bond donors (Lipinski definition) is 1. The molecule has 0 saturated heterocycles. The van der Waals surface area contributed by atoms with Gasteiger partial charge in [0.15, 0.2) is 0 Å². The summed E-state index contributed by atoms with van der Waals surface area (Å²) in [6.45, 7) is 3.86. The minimum atomic E-state index is -0.510. The molecule has 2 rings (SSSR count). The number of methoxy groups -OCH3 is 1. The van der Waals surface area contributed by atoms with Crippen molar-refractivity contribution in [2.24, 2.45) is 0 Å². The number of benzene rings is 1. The number of nitrogens with one attached hydrogen (secondary N) is 1. The van der Waals surface area contributed by atoms with E-state index in [0.29, 0.717) is 33.3 Å². The number of ether oxygens (including phenoxy) is 1. The van der Waals surface area contributed by atoms with E-state index in [4.69, 9.17) is 23.2 Å². The molecular weight excluding hydrogens is 339 g/mol. The van der Waals surface area contributed by atoms with E-state index >= 15 is 0 Å². The van der Waals surface area contributed by atoms with Crippen molar-refractivity contribution in [3.63, 3.8) is 0 Å². The molecule has 0 bridgehead atoms. The predicted octanol–water partition coefficient (Wildman–Crippen LogP) is 3.58. The number of aromatic amines is 1. The summed E-state index contributed by atoms with van der Waals surface area (Å²) in [4.78, 5) is 23.3. The van der Waals surface area contributed by atoms with E-state index in [1.165, 1.54) is 19.2 Å². The minimum Gasteiger partial charge on any atom is -0.465 e. The Labute approximate surface area is 143 Å². The average Bonchev–Trinajstić information content (AvgIpc) is 2.51. The molecule has 1 heterocycles. The van der Waals surface area contributed by atoms with Gasteiger partial charge in [-0.3, -0.25) is 4.79 Å². The van der Waals surface area contributed by atoms with Crippen molar-refractivity contribution in [2.45, 2.75) is 26.2 Å². The van der Waals surface area contributed by atoms with Crippen LogP contribution in [0.1, 0.15) is 46.9 Å². The van der Waals surface area contributed by atoms with Crippen LogP contribution in [0.4, 0.5) is 0 Å². The second-order valence-corrected chi connectivity index (χ2v) is 6.20. The lowest BCUT2D eigenvalue weighted by atomic mass is 10.0. The van der Waals surface area contributed by atoms with E-state index in [-0.39, 0.29) is 17.0 Å². The van der Waals surface area contributed by atoms with Gasteiger partial charge in [0.2, 0.25) is 0 Å². The number of H-pyrrole nitrogens is 1. The Bertz CT molecular complexity index is 777. The van der Waals surface area contributed by atoms with Gasteiger partial charge in [-0.2, -0.15) is 5.10 Å². The Kier molecular flexibility index (Phi) is 5.44. The van der Waals surface area contributed by atoms with Crippen LogP contribution in [0.15, 0.2) is 23.0 Å². The first-order chi connectivity index (χ1) is 10.8. The highest BCUT2D eigenvalue weighted by Gasteiger charge is 2.15. The van der Waals surface area contributed by atoms with Gasteiger partial charge >= 0.3 is 5.97 Å². The zero-order valence-electron chi connectivity index (χ0n) is 12.9. The molecule has 122 valence electrons. The van der Waals surface area contributed by atoms with E-state index in [1.54, 1.807) is 6.07 Å². The Hall–Kier alpha value is -1.85. The number of hydrogen-bond acceptors (Lipinski definition) is 4. The topological polar surface area (TPSA) is 72.1 Å². The lowest BCUT2D eigenvalue weighted by Crippen LogP contribution is -2.17. The van der Waals surface area contributed by atoms with E-state index in [0.717, 1.165) is 0 Å². The van der Waals surface area contributed by atoms with Crippen LogP contribution >= 0.6 is 23.2 Å². The van der Waals surface area contributed by atoms with Crippen molar-refractivity contribution < 1.29 is 9.53 Å². The van der Waals surface area contributed by atoms with Crippen molar-refractivity contribution in [2.75, 3.05) is 7.11 Å². The molecule has 0 unspecified atom stereocenters. The van der Waals surface area contributed by atoms with Crippen molar-refractivity contribution in [1.29, 1.82) is 0 Å². The average molecular weight is 355 g/mol. The second-order valence-electron chi connectivity index (χ2n) is 5.39. The van der Waals surface area contributed by atoms with Crippen molar-refractivity contribution in [3.8, 4) is 0 Å². The number of aromatic nitrogens is 2. The van der Waals surface area contributed by atoms with Gasteiger partial charge < -0.3 is 4.74 Å². The molecule has 1 aromatic heterocycles. The maximum absolute atomic E-state index is 11.7. The maximum Gasteiger partial charge on any atom is 0.337 e. The first-order valence-electron chi connectivity index (χ1n) is 6.98. The van der Waals surface area contributed by atoms with Gasteiger partial charge in [0.1, 0.15) is 0 Å². The van der Waals surface area contributed by atoms with Crippen LogP contribution in [0.3, 0.4) is 0 Å². The molecule has 0 spiro atoms. The molecule has 0 fully saturated rings. The third-order valence-electron chi connectivity index (χ3n) is 3.43. The van der Waals surface area contributed by atoms with Crippen LogP contribution < -0.4 is 5.56 Å². The van der Waals surface area contributed by atoms with Gasteiger partial charge in [0.05, 0.1) is 18.4 Å². The molecule has 1 aromatic carbocycles. The van der Waals surface area contributed by atoms with Crippen LogP contribution in [-0.2, 0) is 11.2 Å². The number of halogens is 2. The molecule has 0 aliphatic heterocycles. The molecule has 7 heteroatoms. The third kappa shape index (κ3) is 3.92. The molecule has 5 nitrogen and oxygen atoms in total. The molecule has 0 amide bonds. The van der Waals surface area contributed by atoms with Gasteiger partial charge in [-0.15, -0.1) is 0 Å². The lowest BCUT2D eigenvalue weighted by Gasteiger charge is -2.10. The summed E-state index contributed by atoms with van der Waals surface area (Å²) >= 11 is 12.5.